The van der Waals surface area contributed by atoms with Crippen molar-refractivity contribution >= 4 is 5.91 Å². The highest BCUT2D eigenvalue weighted by Crippen LogP contribution is 2.23. The smallest absolute Gasteiger partial charge is 0.220 e. The zero-order chi connectivity index (χ0) is 44.4. The predicted octanol–water partition coefficient (Wildman–Crippen LogP) is 11.2. The number of ether oxygens (including phenoxy) is 2. The van der Waals surface area contributed by atoms with Crippen LogP contribution in [0.1, 0.15) is 206 Å². The summed E-state index contributed by atoms with van der Waals surface area (Å²) in [6, 6.07) is -0.721. The molecule has 0 aliphatic carbocycles. The van der Waals surface area contributed by atoms with Crippen LogP contribution in [0.2, 0.25) is 0 Å². The number of aliphatic hydroxyl groups excluding tert-OH is 5. The Kier molecular flexibility index (Phi) is 39.1. The molecule has 61 heavy (non-hydrogen) atoms. The number of carbonyl (C=O) groups excluding carboxylic acids is 1. The van der Waals surface area contributed by atoms with Gasteiger partial charge < -0.3 is 40.3 Å². The molecule has 354 valence electrons. The Balaban J connectivity index is 2.21. The summed E-state index contributed by atoms with van der Waals surface area (Å²) in [5.74, 6) is -0.151. The molecular weight excluding hydrogens is 767 g/mol. The molecule has 0 aromatic rings. The second-order valence-corrected chi connectivity index (χ2v) is 17.2. The summed E-state index contributed by atoms with van der Waals surface area (Å²) in [6.45, 7) is 3.70. The monoisotopic (exact) mass is 860 g/mol. The Hall–Kier alpha value is -2.11. The van der Waals surface area contributed by atoms with Crippen LogP contribution in [-0.4, -0.2) is 87.5 Å². The molecular formula is C52H93NO8. The van der Waals surface area contributed by atoms with Crippen molar-refractivity contribution in [3.8, 4) is 0 Å². The standard InChI is InChI=1S/C52H93NO8/c1-3-5-7-9-11-13-15-16-17-18-19-20-21-22-23-24-25-26-27-28-29-30-32-34-36-38-40-42-48(56)53-45(44-60-52-51(59)50(58)49(57)47(43-54)61-52)46(55)41-39-37-35-33-31-14-12-10-8-6-4-2/h5,7,11,13,16-17,19-20,22-23,45-47,49-52,54-55,57-59H,3-4,6,8-10,12,14-15,18,21,24-44H2,1-2H3,(H,53,56)/b7-5-,13-11-,17-16-,20-19-,23-22-. The molecule has 0 spiro atoms. The minimum atomic E-state index is -1.55. The van der Waals surface area contributed by atoms with Gasteiger partial charge in [0.15, 0.2) is 6.29 Å². The average Bonchev–Trinajstić information content (AvgIpc) is 3.26. The molecule has 1 aliphatic heterocycles. The number of aliphatic hydroxyl groups is 5. The molecule has 0 aromatic carbocycles. The van der Waals surface area contributed by atoms with Gasteiger partial charge in [0.1, 0.15) is 24.4 Å². The molecule has 0 saturated carbocycles. The Labute approximate surface area is 373 Å². The summed E-state index contributed by atoms with van der Waals surface area (Å²) in [5.41, 5.74) is 0. The first kappa shape index (κ1) is 56.9. The molecule has 1 heterocycles. The lowest BCUT2D eigenvalue weighted by Crippen LogP contribution is -2.60. The number of allylic oxidation sites excluding steroid dienone is 10. The lowest BCUT2D eigenvalue weighted by molar-refractivity contribution is -0.302. The van der Waals surface area contributed by atoms with E-state index in [1.807, 2.05) is 0 Å². The molecule has 1 saturated heterocycles. The summed E-state index contributed by atoms with van der Waals surface area (Å²) < 4.78 is 11.3. The molecule has 1 aliphatic rings. The molecule has 7 atom stereocenters. The van der Waals surface area contributed by atoms with E-state index in [0.717, 1.165) is 70.6 Å². The average molecular weight is 860 g/mol. The van der Waals surface area contributed by atoms with Crippen molar-refractivity contribution in [1.82, 2.24) is 5.32 Å². The van der Waals surface area contributed by atoms with Gasteiger partial charge in [0.05, 0.1) is 25.4 Å². The van der Waals surface area contributed by atoms with Crippen LogP contribution in [0, 0.1) is 0 Å². The molecule has 7 unspecified atom stereocenters. The van der Waals surface area contributed by atoms with E-state index in [-0.39, 0.29) is 12.5 Å². The number of unbranched alkanes of at least 4 members (excludes halogenated alkanes) is 21. The lowest BCUT2D eigenvalue weighted by Gasteiger charge is -2.40. The van der Waals surface area contributed by atoms with Gasteiger partial charge in [-0.1, -0.05) is 203 Å². The molecule has 9 heteroatoms. The van der Waals surface area contributed by atoms with Gasteiger partial charge in [-0.25, -0.2) is 0 Å². The van der Waals surface area contributed by atoms with E-state index in [1.165, 1.54) is 109 Å². The van der Waals surface area contributed by atoms with Crippen molar-refractivity contribution in [2.75, 3.05) is 13.2 Å². The quantitative estimate of drug-likeness (QED) is 0.0263. The van der Waals surface area contributed by atoms with E-state index in [9.17, 15) is 30.3 Å². The van der Waals surface area contributed by atoms with E-state index in [1.54, 1.807) is 0 Å². The third kappa shape index (κ3) is 32.2. The van der Waals surface area contributed by atoms with Crippen LogP contribution in [-0.2, 0) is 14.3 Å². The highest BCUT2D eigenvalue weighted by molar-refractivity contribution is 5.76. The van der Waals surface area contributed by atoms with Gasteiger partial charge >= 0.3 is 0 Å². The maximum absolute atomic E-state index is 13.0. The number of hydrogen-bond donors (Lipinski definition) is 6. The third-order valence-electron chi connectivity index (χ3n) is 11.6. The van der Waals surface area contributed by atoms with Gasteiger partial charge in [0.25, 0.3) is 0 Å². The van der Waals surface area contributed by atoms with Gasteiger partial charge in [-0.05, 0) is 57.8 Å². The Morgan fingerprint density at radius 2 is 1.02 bits per heavy atom. The molecule has 1 amide bonds. The first-order chi connectivity index (χ1) is 29.8. The predicted molar refractivity (Wildman–Crippen MR) is 253 cm³/mol. The molecule has 0 aromatic heterocycles. The molecule has 0 radical (unpaired) electrons. The lowest BCUT2D eigenvalue weighted by atomic mass is 9.99. The minimum absolute atomic E-state index is 0.141. The summed E-state index contributed by atoms with van der Waals surface area (Å²) >= 11 is 0. The second-order valence-electron chi connectivity index (χ2n) is 17.2. The van der Waals surface area contributed by atoms with E-state index in [0.29, 0.717) is 12.8 Å². The number of amides is 1. The first-order valence-corrected chi connectivity index (χ1v) is 25.0. The van der Waals surface area contributed by atoms with Crippen LogP contribution in [0.15, 0.2) is 60.8 Å². The van der Waals surface area contributed by atoms with Crippen molar-refractivity contribution in [3.05, 3.63) is 60.8 Å². The van der Waals surface area contributed by atoms with Gasteiger partial charge in [-0.3, -0.25) is 4.79 Å². The van der Waals surface area contributed by atoms with Crippen LogP contribution in [0.3, 0.4) is 0 Å². The summed E-state index contributed by atoms with van der Waals surface area (Å²) in [5, 5.41) is 54.4. The van der Waals surface area contributed by atoms with Gasteiger partial charge in [-0.2, -0.15) is 0 Å². The zero-order valence-electron chi connectivity index (χ0n) is 38.9. The van der Waals surface area contributed by atoms with E-state index >= 15 is 0 Å². The fraction of sp³-hybridized carbons (Fsp3) is 0.788. The van der Waals surface area contributed by atoms with Gasteiger partial charge in [0.2, 0.25) is 5.91 Å². The zero-order valence-corrected chi connectivity index (χ0v) is 38.9. The molecule has 1 rings (SSSR count). The van der Waals surface area contributed by atoms with Crippen LogP contribution >= 0.6 is 0 Å². The third-order valence-corrected chi connectivity index (χ3v) is 11.6. The maximum Gasteiger partial charge on any atom is 0.220 e. The van der Waals surface area contributed by atoms with E-state index in [4.69, 9.17) is 9.47 Å². The summed E-state index contributed by atoms with van der Waals surface area (Å²) in [7, 11) is 0. The van der Waals surface area contributed by atoms with Crippen molar-refractivity contribution in [2.45, 2.75) is 249 Å². The number of carbonyl (C=O) groups is 1. The van der Waals surface area contributed by atoms with Crippen molar-refractivity contribution in [1.29, 1.82) is 0 Å². The normalized spacial score (nSPS) is 20.9. The number of hydrogen-bond acceptors (Lipinski definition) is 8. The Bertz CT molecular complexity index is 1140. The molecule has 0 bridgehead atoms. The first-order valence-electron chi connectivity index (χ1n) is 25.0. The molecule has 1 fully saturated rings. The van der Waals surface area contributed by atoms with Crippen molar-refractivity contribution in [3.63, 3.8) is 0 Å². The summed E-state index contributed by atoms with van der Waals surface area (Å²) in [4.78, 5) is 13.0. The van der Waals surface area contributed by atoms with Crippen LogP contribution in [0.4, 0.5) is 0 Å². The highest BCUT2D eigenvalue weighted by atomic mass is 16.7. The Morgan fingerprint density at radius 3 is 1.51 bits per heavy atom. The molecule has 6 N–H and O–H groups in total. The van der Waals surface area contributed by atoms with Crippen molar-refractivity contribution < 1.29 is 39.8 Å². The van der Waals surface area contributed by atoms with Gasteiger partial charge in [-0.15, -0.1) is 0 Å². The topological polar surface area (TPSA) is 149 Å². The number of nitrogens with one attached hydrogen (secondary N) is 1. The summed E-state index contributed by atoms with van der Waals surface area (Å²) in [6.07, 6.45) is 48.1. The number of rotatable bonds is 41. The largest absolute Gasteiger partial charge is 0.394 e. The van der Waals surface area contributed by atoms with Gasteiger partial charge in [0, 0.05) is 6.42 Å². The fourth-order valence-corrected chi connectivity index (χ4v) is 7.66. The van der Waals surface area contributed by atoms with Crippen LogP contribution < -0.4 is 5.32 Å². The maximum atomic E-state index is 13.0. The van der Waals surface area contributed by atoms with Crippen LogP contribution in [0.25, 0.3) is 0 Å². The van der Waals surface area contributed by atoms with Crippen LogP contribution in [0.5, 0.6) is 0 Å². The fourth-order valence-electron chi connectivity index (χ4n) is 7.66. The second kappa shape index (κ2) is 41.9. The Morgan fingerprint density at radius 1 is 0.574 bits per heavy atom. The SMILES string of the molecule is CC/C=C\C/C=C\C/C=C\C/C=C\C/C=C\CCCCCCCCCCCCCC(=O)NC(COC1OC(CO)C(O)C(O)C1O)C(O)CCCCCCCCCCCCC. The van der Waals surface area contributed by atoms with E-state index < -0.39 is 49.5 Å². The van der Waals surface area contributed by atoms with Crippen molar-refractivity contribution in [2.24, 2.45) is 0 Å². The highest BCUT2D eigenvalue weighted by Gasteiger charge is 2.44. The van der Waals surface area contributed by atoms with E-state index in [2.05, 4.69) is 79.9 Å². The molecule has 9 nitrogen and oxygen atoms in total. The minimum Gasteiger partial charge on any atom is -0.394 e.